The topological polar surface area (TPSA) is 52.7 Å². The summed E-state index contributed by atoms with van der Waals surface area (Å²) in [4.78, 5) is 28.2. The molecular weight excluding hydrogens is 338 g/mol. The summed E-state index contributed by atoms with van der Waals surface area (Å²) >= 11 is 6.24. The van der Waals surface area contributed by atoms with Crippen LogP contribution >= 0.6 is 11.6 Å². The molecule has 1 heterocycles. The Hall–Kier alpha value is -1.75. The van der Waals surface area contributed by atoms with Crippen LogP contribution < -0.4 is 10.2 Å². The van der Waals surface area contributed by atoms with Crippen LogP contribution in [0.2, 0.25) is 5.02 Å². The molecule has 0 aliphatic carbocycles. The van der Waals surface area contributed by atoms with E-state index in [1.165, 1.54) is 0 Å². The lowest BCUT2D eigenvalue weighted by Crippen LogP contribution is -2.49. The Bertz CT molecular complexity index is 605. The summed E-state index contributed by atoms with van der Waals surface area (Å²) in [5, 5.41) is 3.63. The van der Waals surface area contributed by atoms with Gasteiger partial charge in [-0.05, 0) is 18.6 Å². The number of para-hydroxylation sites is 1. The lowest BCUT2D eigenvalue weighted by Gasteiger charge is -2.36. The molecule has 1 aliphatic heterocycles. The largest absolute Gasteiger partial charge is 0.367 e. The Morgan fingerprint density at radius 3 is 2.36 bits per heavy atom. The number of amides is 2. The smallest absolute Gasteiger partial charge is 0.225 e. The molecule has 5 nitrogen and oxygen atoms in total. The quantitative estimate of drug-likeness (QED) is 0.816. The highest BCUT2D eigenvalue weighted by Gasteiger charge is 2.23. The molecule has 138 valence electrons. The highest BCUT2D eigenvalue weighted by molar-refractivity contribution is 6.33. The normalized spacial score (nSPS) is 15.2. The van der Waals surface area contributed by atoms with Gasteiger partial charge in [-0.25, -0.2) is 0 Å². The molecule has 0 radical (unpaired) electrons. The van der Waals surface area contributed by atoms with Gasteiger partial charge in [-0.1, -0.05) is 44.5 Å². The molecule has 1 saturated heterocycles. The predicted octanol–water partition coefficient (Wildman–Crippen LogP) is 2.93. The van der Waals surface area contributed by atoms with Crippen molar-refractivity contribution >= 4 is 29.1 Å². The molecule has 0 unspecified atom stereocenters. The third kappa shape index (κ3) is 5.63. The second kappa shape index (κ2) is 8.56. The molecule has 0 saturated carbocycles. The maximum Gasteiger partial charge on any atom is 0.225 e. The molecule has 0 aromatic heterocycles. The molecule has 2 amide bonds. The van der Waals surface area contributed by atoms with Gasteiger partial charge < -0.3 is 15.1 Å². The second-order valence-corrected chi connectivity index (χ2v) is 7.84. The maximum atomic E-state index is 12.3. The Labute approximate surface area is 155 Å². The number of halogens is 1. The Kier molecular flexibility index (Phi) is 6.71. The molecule has 1 N–H and O–H groups in total. The van der Waals surface area contributed by atoms with E-state index in [1.54, 1.807) is 0 Å². The number of carbonyl (C=O) groups is 2. The molecule has 2 rings (SSSR count). The fraction of sp³-hybridized carbons (Fsp3) is 0.579. The van der Waals surface area contributed by atoms with Gasteiger partial charge in [0.15, 0.2) is 0 Å². The van der Waals surface area contributed by atoms with Crippen molar-refractivity contribution in [2.45, 2.75) is 33.6 Å². The number of nitrogens with zero attached hydrogens (tertiary/aromatic N) is 2. The number of carbonyl (C=O) groups excluding carboxylic acids is 2. The summed E-state index contributed by atoms with van der Waals surface area (Å²) in [6.45, 7) is 9.18. The molecule has 6 heteroatoms. The van der Waals surface area contributed by atoms with E-state index in [0.29, 0.717) is 32.5 Å². The Morgan fingerprint density at radius 2 is 1.76 bits per heavy atom. The van der Waals surface area contributed by atoms with E-state index in [-0.39, 0.29) is 17.2 Å². The third-order valence-electron chi connectivity index (χ3n) is 4.36. The van der Waals surface area contributed by atoms with Crippen molar-refractivity contribution in [1.82, 2.24) is 10.2 Å². The SMILES string of the molecule is CC(C)(C)C(=O)NCCCC(=O)N1CCN(c2ccccc2Cl)CC1. The van der Waals surface area contributed by atoms with E-state index in [4.69, 9.17) is 11.6 Å². The average Bonchev–Trinajstić information content (AvgIpc) is 2.58. The van der Waals surface area contributed by atoms with Gasteiger partial charge in [0, 0.05) is 44.6 Å². The van der Waals surface area contributed by atoms with Gasteiger partial charge in [-0.15, -0.1) is 0 Å². The van der Waals surface area contributed by atoms with Crippen molar-refractivity contribution in [1.29, 1.82) is 0 Å². The lowest BCUT2D eigenvalue weighted by molar-refractivity contribution is -0.132. The van der Waals surface area contributed by atoms with Crippen LogP contribution in [0.1, 0.15) is 33.6 Å². The predicted molar refractivity (Wildman–Crippen MR) is 102 cm³/mol. The van der Waals surface area contributed by atoms with Crippen molar-refractivity contribution in [3.63, 3.8) is 0 Å². The number of rotatable bonds is 5. The summed E-state index contributed by atoms with van der Waals surface area (Å²) in [7, 11) is 0. The van der Waals surface area contributed by atoms with E-state index >= 15 is 0 Å². The van der Waals surface area contributed by atoms with E-state index in [1.807, 2.05) is 49.9 Å². The van der Waals surface area contributed by atoms with Gasteiger partial charge >= 0.3 is 0 Å². The number of hydrogen-bond donors (Lipinski definition) is 1. The number of piperazine rings is 1. The zero-order valence-electron chi connectivity index (χ0n) is 15.3. The van der Waals surface area contributed by atoms with E-state index < -0.39 is 0 Å². The number of hydrogen-bond acceptors (Lipinski definition) is 3. The van der Waals surface area contributed by atoms with Crippen LogP contribution in [-0.4, -0.2) is 49.4 Å². The molecule has 1 aromatic carbocycles. The summed E-state index contributed by atoms with van der Waals surface area (Å²) < 4.78 is 0. The summed E-state index contributed by atoms with van der Waals surface area (Å²) in [5.41, 5.74) is 0.639. The first-order chi connectivity index (χ1) is 11.8. The van der Waals surface area contributed by atoms with Gasteiger partial charge in [0.05, 0.1) is 10.7 Å². The highest BCUT2D eigenvalue weighted by atomic mass is 35.5. The second-order valence-electron chi connectivity index (χ2n) is 7.43. The minimum atomic E-state index is -0.390. The van der Waals surface area contributed by atoms with Crippen molar-refractivity contribution in [3.05, 3.63) is 29.3 Å². The third-order valence-corrected chi connectivity index (χ3v) is 4.68. The molecule has 0 atom stereocenters. The minimum Gasteiger partial charge on any atom is -0.367 e. The summed E-state index contributed by atoms with van der Waals surface area (Å²) in [5.74, 6) is 0.178. The fourth-order valence-electron chi connectivity index (χ4n) is 2.77. The van der Waals surface area contributed by atoms with E-state index in [2.05, 4.69) is 10.2 Å². The highest BCUT2D eigenvalue weighted by Crippen LogP contribution is 2.26. The minimum absolute atomic E-state index is 0.0216. The first-order valence-corrected chi connectivity index (χ1v) is 9.22. The van der Waals surface area contributed by atoms with Crippen molar-refractivity contribution < 1.29 is 9.59 Å². The zero-order chi connectivity index (χ0) is 18.4. The van der Waals surface area contributed by atoms with Crippen molar-refractivity contribution in [2.75, 3.05) is 37.6 Å². The monoisotopic (exact) mass is 365 g/mol. The molecule has 0 spiro atoms. The van der Waals surface area contributed by atoms with Gasteiger partial charge in [0.1, 0.15) is 0 Å². The Morgan fingerprint density at radius 1 is 1.12 bits per heavy atom. The van der Waals surface area contributed by atoms with Gasteiger partial charge in [-0.2, -0.15) is 0 Å². The van der Waals surface area contributed by atoms with Gasteiger partial charge in [0.2, 0.25) is 11.8 Å². The fourth-order valence-corrected chi connectivity index (χ4v) is 3.03. The van der Waals surface area contributed by atoms with Crippen molar-refractivity contribution in [2.24, 2.45) is 5.41 Å². The standard InChI is InChI=1S/C19H28ClN3O2/c1-19(2,3)18(25)21-10-6-9-17(24)23-13-11-22(12-14-23)16-8-5-4-7-15(16)20/h4-5,7-8H,6,9-14H2,1-3H3,(H,21,25). The van der Waals surface area contributed by atoms with Gasteiger partial charge in [-0.3, -0.25) is 9.59 Å². The van der Waals surface area contributed by atoms with Crippen LogP contribution in [0.3, 0.4) is 0 Å². The number of anilines is 1. The van der Waals surface area contributed by atoms with Crippen LogP contribution in [0.5, 0.6) is 0 Å². The average molecular weight is 366 g/mol. The molecule has 0 bridgehead atoms. The summed E-state index contributed by atoms with van der Waals surface area (Å²) in [6, 6.07) is 7.80. The van der Waals surface area contributed by atoms with Crippen LogP contribution in [0.4, 0.5) is 5.69 Å². The van der Waals surface area contributed by atoms with Gasteiger partial charge in [0.25, 0.3) is 0 Å². The molecule has 25 heavy (non-hydrogen) atoms. The Balaban J connectivity index is 1.71. The van der Waals surface area contributed by atoms with Crippen LogP contribution in [0.25, 0.3) is 0 Å². The van der Waals surface area contributed by atoms with E-state index in [9.17, 15) is 9.59 Å². The molecule has 1 aromatic rings. The summed E-state index contributed by atoms with van der Waals surface area (Å²) in [6.07, 6.45) is 1.14. The number of nitrogens with one attached hydrogen (secondary N) is 1. The molecular formula is C19H28ClN3O2. The van der Waals surface area contributed by atoms with Crippen molar-refractivity contribution in [3.8, 4) is 0 Å². The van der Waals surface area contributed by atoms with Crippen LogP contribution in [0, 0.1) is 5.41 Å². The lowest BCUT2D eigenvalue weighted by atomic mass is 9.96. The maximum absolute atomic E-state index is 12.3. The van der Waals surface area contributed by atoms with Crippen LogP contribution in [0.15, 0.2) is 24.3 Å². The van der Waals surface area contributed by atoms with E-state index in [0.717, 1.165) is 23.8 Å². The number of benzene rings is 1. The van der Waals surface area contributed by atoms with Crippen LogP contribution in [-0.2, 0) is 9.59 Å². The first kappa shape index (κ1) is 19.6. The molecule has 1 aliphatic rings. The zero-order valence-corrected chi connectivity index (χ0v) is 16.1. The molecule has 1 fully saturated rings. The first-order valence-electron chi connectivity index (χ1n) is 8.84.